The van der Waals surface area contributed by atoms with Gasteiger partial charge in [0.25, 0.3) is 5.03 Å². The van der Waals surface area contributed by atoms with E-state index >= 15 is 0 Å². The van der Waals surface area contributed by atoms with Crippen LogP contribution in [0.15, 0.2) is 69.3 Å². The summed E-state index contributed by atoms with van der Waals surface area (Å²) >= 11 is 0. The molecule has 0 radical (unpaired) electrons. The first-order valence-corrected chi connectivity index (χ1v) is 13.6. The molecule has 0 saturated heterocycles. The van der Waals surface area contributed by atoms with E-state index in [1.807, 2.05) is 0 Å². The zero-order chi connectivity index (χ0) is 23.4. The van der Waals surface area contributed by atoms with Crippen molar-refractivity contribution in [2.24, 2.45) is 28.6 Å². The van der Waals surface area contributed by atoms with Gasteiger partial charge in [0.05, 0.1) is 24.3 Å². The molecule has 5 heteroatoms. The average molecular weight is 464 g/mol. The Balaban J connectivity index is 1.54. The lowest BCUT2D eigenvalue weighted by molar-refractivity contribution is -0.00837. The third-order valence-electron chi connectivity index (χ3n) is 9.45. The van der Waals surface area contributed by atoms with Crippen LogP contribution in [0.25, 0.3) is 4.85 Å². The molecule has 4 nitrogen and oxygen atoms in total. The summed E-state index contributed by atoms with van der Waals surface area (Å²) in [6.07, 6.45) is 11.6. The Morgan fingerprint density at radius 2 is 1.79 bits per heavy atom. The van der Waals surface area contributed by atoms with Crippen LogP contribution in [-0.4, -0.2) is 15.5 Å². The maximum Gasteiger partial charge on any atom is 0.282 e. The number of methoxy groups -OCH3 is 1. The van der Waals surface area contributed by atoms with Gasteiger partial charge in [0.1, 0.15) is 0 Å². The van der Waals surface area contributed by atoms with Crippen LogP contribution in [0, 0.1) is 35.2 Å². The van der Waals surface area contributed by atoms with E-state index in [1.165, 1.54) is 5.57 Å². The second-order valence-corrected chi connectivity index (χ2v) is 12.6. The van der Waals surface area contributed by atoms with Crippen molar-refractivity contribution in [3.8, 4) is 0 Å². The Morgan fingerprint density at radius 3 is 2.48 bits per heavy atom. The van der Waals surface area contributed by atoms with Gasteiger partial charge in [0.2, 0.25) is 9.84 Å². The molecule has 0 aromatic heterocycles. The molecule has 0 bridgehead atoms. The van der Waals surface area contributed by atoms with Gasteiger partial charge in [-0.05, 0) is 96.5 Å². The van der Waals surface area contributed by atoms with Gasteiger partial charge in [0.15, 0.2) is 0 Å². The van der Waals surface area contributed by atoms with E-state index in [4.69, 9.17) is 11.3 Å². The Hall–Kier alpha value is -2.32. The summed E-state index contributed by atoms with van der Waals surface area (Å²) < 4.78 is 32.5. The van der Waals surface area contributed by atoms with E-state index in [9.17, 15) is 8.42 Å². The number of hydrogen-bond acceptors (Lipinski definition) is 3. The van der Waals surface area contributed by atoms with E-state index in [0.717, 1.165) is 56.3 Å². The van der Waals surface area contributed by atoms with E-state index in [-0.39, 0.29) is 20.8 Å². The number of rotatable bonds is 3. The highest BCUT2D eigenvalue weighted by molar-refractivity contribution is 7.95. The minimum Gasteiger partial charge on any atom is -0.501 e. The molecule has 4 aliphatic carbocycles. The summed E-state index contributed by atoms with van der Waals surface area (Å²) in [6.45, 7) is 12.5. The van der Waals surface area contributed by atoms with Crippen molar-refractivity contribution in [3.05, 3.63) is 75.8 Å². The normalized spacial score (nSPS) is 37.0. The van der Waals surface area contributed by atoms with Crippen LogP contribution in [0.1, 0.15) is 58.8 Å². The molecule has 0 N–H and O–H groups in total. The smallest absolute Gasteiger partial charge is 0.282 e. The fraction of sp³-hybridized carbons (Fsp3) is 0.536. The summed E-state index contributed by atoms with van der Waals surface area (Å²) in [5.41, 5.74) is 2.26. The molecular formula is C28H33NO3S. The monoisotopic (exact) mass is 463 g/mol. The van der Waals surface area contributed by atoms with Crippen molar-refractivity contribution in [2.75, 3.05) is 7.11 Å². The number of sulfone groups is 1. The van der Waals surface area contributed by atoms with Crippen molar-refractivity contribution < 1.29 is 13.2 Å². The first kappa shape index (κ1) is 22.5. The lowest BCUT2D eigenvalue weighted by Crippen LogP contribution is -2.48. The predicted molar refractivity (Wildman–Crippen MR) is 129 cm³/mol. The van der Waals surface area contributed by atoms with Crippen molar-refractivity contribution >= 4 is 9.84 Å². The molecule has 5 rings (SSSR count). The van der Waals surface area contributed by atoms with E-state index in [0.29, 0.717) is 17.8 Å². The maximum atomic E-state index is 13.4. The van der Waals surface area contributed by atoms with Gasteiger partial charge >= 0.3 is 0 Å². The van der Waals surface area contributed by atoms with Crippen molar-refractivity contribution in [2.45, 2.75) is 63.7 Å². The Labute approximate surface area is 198 Å². The highest BCUT2D eigenvalue weighted by Gasteiger charge is 2.57. The Morgan fingerprint density at radius 1 is 1.06 bits per heavy atom. The molecule has 4 aliphatic rings. The summed E-state index contributed by atoms with van der Waals surface area (Å²) in [5.74, 6) is 2.65. The van der Waals surface area contributed by atoms with Crippen LogP contribution in [0.2, 0.25) is 0 Å². The quantitative estimate of drug-likeness (QED) is 0.469. The van der Waals surface area contributed by atoms with E-state index in [1.54, 1.807) is 37.4 Å². The zero-order valence-electron chi connectivity index (χ0n) is 19.8. The van der Waals surface area contributed by atoms with Crippen molar-refractivity contribution in [1.82, 2.24) is 0 Å². The molecule has 0 unspecified atom stereocenters. The topological polar surface area (TPSA) is 47.7 Å². The van der Waals surface area contributed by atoms with Crippen LogP contribution in [0.3, 0.4) is 0 Å². The minimum absolute atomic E-state index is 0.0132. The number of nitrogens with zero attached hydrogens (tertiary/aromatic N) is 1. The maximum absolute atomic E-state index is 13.4. The SMILES string of the molecule is [C-]#[N+]C(=C1CC[C@H]2[C@@H]3CC=C4C=C(OC)CC[C@]4(C)[C@H]3CC[C@]12C)S(=O)(=O)c1ccccc1. The lowest BCUT2D eigenvalue weighted by atomic mass is 9.48. The fourth-order valence-electron chi connectivity index (χ4n) is 7.63. The molecule has 0 spiro atoms. The standard InChI is InChI=1S/C28H33NO3S/c1-27-16-14-20(32-4)18-19(27)10-11-22-23-12-13-25(28(23,2)17-15-24(22)27)26(29-3)33(30,31)21-8-6-5-7-9-21/h5-10,18,22-24H,11-17H2,1-2,4H3/t22-,23-,24-,27-,28-/m0/s1. The van der Waals surface area contributed by atoms with Crippen molar-refractivity contribution in [1.29, 1.82) is 0 Å². The summed E-state index contributed by atoms with van der Waals surface area (Å²) in [7, 11) is -2.04. The third-order valence-corrected chi connectivity index (χ3v) is 11.2. The van der Waals surface area contributed by atoms with Gasteiger partial charge in [-0.25, -0.2) is 13.3 Å². The van der Waals surface area contributed by atoms with Crippen LogP contribution < -0.4 is 0 Å². The molecule has 33 heavy (non-hydrogen) atoms. The van der Waals surface area contributed by atoms with Crippen LogP contribution >= 0.6 is 0 Å². The van der Waals surface area contributed by atoms with Gasteiger partial charge in [-0.15, -0.1) is 0 Å². The zero-order valence-corrected chi connectivity index (χ0v) is 20.6. The van der Waals surface area contributed by atoms with Gasteiger partial charge in [-0.2, -0.15) is 0 Å². The number of fused-ring (bicyclic) bond motifs is 5. The molecule has 0 heterocycles. The average Bonchev–Trinajstić information content (AvgIpc) is 3.16. The largest absolute Gasteiger partial charge is 0.501 e. The summed E-state index contributed by atoms with van der Waals surface area (Å²) in [5, 5.41) is -0.0132. The molecule has 5 atom stereocenters. The number of ether oxygens (including phenoxy) is 1. The lowest BCUT2D eigenvalue weighted by Gasteiger charge is -2.56. The van der Waals surface area contributed by atoms with Crippen LogP contribution in [0.5, 0.6) is 0 Å². The summed E-state index contributed by atoms with van der Waals surface area (Å²) in [6, 6.07) is 8.46. The fourth-order valence-corrected chi connectivity index (χ4v) is 9.14. The van der Waals surface area contributed by atoms with Gasteiger partial charge in [-0.3, -0.25) is 0 Å². The second kappa shape index (κ2) is 7.87. The highest BCUT2D eigenvalue weighted by atomic mass is 32.2. The molecule has 1 aromatic carbocycles. The Kier molecular flexibility index (Phi) is 5.36. The first-order valence-electron chi connectivity index (χ1n) is 12.1. The molecule has 0 aliphatic heterocycles. The van der Waals surface area contributed by atoms with Crippen molar-refractivity contribution in [3.63, 3.8) is 0 Å². The molecule has 2 saturated carbocycles. The molecule has 1 aromatic rings. The first-order chi connectivity index (χ1) is 15.8. The number of hydrogen-bond donors (Lipinski definition) is 0. The van der Waals surface area contributed by atoms with E-state index in [2.05, 4.69) is 30.8 Å². The molecule has 0 amide bonds. The second-order valence-electron chi connectivity index (χ2n) is 10.7. The highest BCUT2D eigenvalue weighted by Crippen LogP contribution is 2.66. The predicted octanol–water partition coefficient (Wildman–Crippen LogP) is 6.69. The van der Waals surface area contributed by atoms with Gasteiger partial charge < -0.3 is 4.74 Å². The van der Waals surface area contributed by atoms with E-state index < -0.39 is 9.84 Å². The minimum atomic E-state index is -3.80. The van der Waals surface area contributed by atoms with Gasteiger partial charge in [0, 0.05) is 6.42 Å². The number of allylic oxidation sites excluding steroid dienone is 5. The molecule has 2 fully saturated rings. The molecular weight excluding hydrogens is 430 g/mol. The third kappa shape index (κ3) is 3.25. The van der Waals surface area contributed by atoms with Crippen LogP contribution in [-0.2, 0) is 14.6 Å². The summed E-state index contributed by atoms with van der Waals surface area (Å²) in [4.78, 5) is 3.89. The molecule has 174 valence electrons. The Bertz CT molecular complexity index is 1200. The number of benzene rings is 1. The van der Waals surface area contributed by atoms with Crippen LogP contribution in [0.4, 0.5) is 0 Å². The van der Waals surface area contributed by atoms with Gasteiger partial charge in [-0.1, -0.05) is 38.1 Å².